The van der Waals surface area contributed by atoms with Crippen LogP contribution in [0.4, 0.5) is 20.5 Å². The average Bonchev–Trinajstić information content (AvgIpc) is 3.39. The Kier molecular flexibility index (Phi) is 5.21. The van der Waals surface area contributed by atoms with Gasteiger partial charge in [-0.2, -0.15) is 4.98 Å². The summed E-state index contributed by atoms with van der Waals surface area (Å²) in [4.78, 5) is 11.2. The maximum absolute atomic E-state index is 14.9. The molecule has 2 atom stereocenters. The van der Waals surface area contributed by atoms with Crippen LogP contribution >= 0.6 is 0 Å². The van der Waals surface area contributed by atoms with Crippen LogP contribution in [-0.2, 0) is 11.3 Å². The van der Waals surface area contributed by atoms with Crippen molar-refractivity contribution in [2.24, 2.45) is 0 Å². The standard InChI is InChI=1S/C21H24F2N10O/c22-5-8-33-20-17(28-30-33)2-1-15(25-20)13-3-7-32-18(13)19(24)27-21(29-32)26-16-4-6-31(9-14(16)23)12-10-34-11-12/h1-3,7,12,14,16H,4-6,8-11H2,(H3,24,26,27,29)/t14-,16+/m1/s1. The lowest BCUT2D eigenvalue weighted by Gasteiger charge is -2.42. The van der Waals surface area contributed by atoms with Gasteiger partial charge < -0.3 is 15.8 Å². The number of ether oxygens (including phenoxy) is 1. The number of nitrogens with zero attached hydrogens (tertiary/aromatic N) is 8. The van der Waals surface area contributed by atoms with Gasteiger partial charge in [0.2, 0.25) is 5.95 Å². The van der Waals surface area contributed by atoms with Crippen LogP contribution in [0.1, 0.15) is 6.42 Å². The van der Waals surface area contributed by atoms with Crippen molar-refractivity contribution in [2.75, 3.05) is 44.0 Å². The number of hydrogen-bond donors (Lipinski definition) is 2. The zero-order chi connectivity index (χ0) is 23.2. The summed E-state index contributed by atoms with van der Waals surface area (Å²) in [6.07, 6.45) is 1.34. The third kappa shape index (κ3) is 3.60. The Labute approximate surface area is 192 Å². The van der Waals surface area contributed by atoms with E-state index in [0.29, 0.717) is 54.6 Å². The van der Waals surface area contributed by atoms with Gasteiger partial charge in [-0.25, -0.2) is 23.0 Å². The van der Waals surface area contributed by atoms with Crippen molar-refractivity contribution in [1.82, 2.24) is 39.5 Å². The van der Waals surface area contributed by atoms with Crippen LogP contribution in [0.15, 0.2) is 24.4 Å². The van der Waals surface area contributed by atoms with Crippen LogP contribution in [-0.4, -0.2) is 90.7 Å². The first-order valence-corrected chi connectivity index (χ1v) is 11.2. The Hall–Kier alpha value is -3.45. The number of alkyl halides is 2. The zero-order valence-corrected chi connectivity index (χ0v) is 18.3. The van der Waals surface area contributed by atoms with E-state index in [4.69, 9.17) is 10.5 Å². The number of anilines is 2. The maximum Gasteiger partial charge on any atom is 0.243 e. The van der Waals surface area contributed by atoms with Gasteiger partial charge in [0.15, 0.2) is 11.5 Å². The van der Waals surface area contributed by atoms with Gasteiger partial charge >= 0.3 is 0 Å². The summed E-state index contributed by atoms with van der Waals surface area (Å²) in [6, 6.07) is 5.33. The van der Waals surface area contributed by atoms with Gasteiger partial charge in [-0.1, -0.05) is 5.21 Å². The quantitative estimate of drug-likeness (QED) is 0.429. The molecular formula is C21H24F2N10O. The first kappa shape index (κ1) is 21.1. The summed E-state index contributed by atoms with van der Waals surface area (Å²) in [6.45, 7) is 2.01. The maximum atomic E-state index is 14.9. The van der Waals surface area contributed by atoms with E-state index >= 15 is 0 Å². The van der Waals surface area contributed by atoms with Crippen LogP contribution < -0.4 is 11.1 Å². The Morgan fingerprint density at radius 2 is 2.09 bits per heavy atom. The summed E-state index contributed by atoms with van der Waals surface area (Å²) in [7, 11) is 0. The molecule has 0 aliphatic carbocycles. The average molecular weight is 470 g/mol. The zero-order valence-electron chi connectivity index (χ0n) is 18.3. The summed E-state index contributed by atoms with van der Waals surface area (Å²) < 4.78 is 35.9. The molecule has 2 fully saturated rings. The third-order valence-corrected chi connectivity index (χ3v) is 6.49. The van der Waals surface area contributed by atoms with Crippen LogP contribution in [0.5, 0.6) is 0 Å². The number of fused-ring (bicyclic) bond motifs is 2. The van der Waals surface area contributed by atoms with E-state index < -0.39 is 18.9 Å². The van der Waals surface area contributed by atoms with Crippen LogP contribution in [0.3, 0.4) is 0 Å². The molecule has 0 aromatic carbocycles. The lowest BCUT2D eigenvalue weighted by Crippen LogP contribution is -2.57. The summed E-state index contributed by atoms with van der Waals surface area (Å²) >= 11 is 0. The van der Waals surface area contributed by atoms with Crippen molar-refractivity contribution in [3.8, 4) is 11.3 Å². The number of nitrogens with one attached hydrogen (secondary N) is 1. The van der Waals surface area contributed by atoms with Gasteiger partial charge in [-0.3, -0.25) is 4.90 Å². The molecule has 34 heavy (non-hydrogen) atoms. The molecule has 4 aromatic heterocycles. The monoisotopic (exact) mass is 470 g/mol. The molecule has 0 bridgehead atoms. The van der Waals surface area contributed by atoms with E-state index in [9.17, 15) is 8.78 Å². The molecule has 13 heteroatoms. The molecule has 0 spiro atoms. The third-order valence-electron chi connectivity index (χ3n) is 6.49. The Balaban J connectivity index is 1.26. The van der Waals surface area contributed by atoms with Crippen molar-refractivity contribution >= 4 is 28.4 Å². The summed E-state index contributed by atoms with van der Waals surface area (Å²) in [5, 5.41) is 15.6. The minimum atomic E-state index is -1.05. The van der Waals surface area contributed by atoms with Gasteiger partial charge in [0.05, 0.1) is 37.5 Å². The van der Waals surface area contributed by atoms with Crippen LogP contribution in [0, 0.1) is 0 Å². The minimum Gasteiger partial charge on any atom is -0.382 e. The van der Waals surface area contributed by atoms with Gasteiger partial charge in [0, 0.05) is 24.8 Å². The van der Waals surface area contributed by atoms with E-state index in [1.807, 2.05) is 6.07 Å². The molecule has 0 unspecified atom stereocenters. The van der Waals surface area contributed by atoms with Gasteiger partial charge in [-0.05, 0) is 24.6 Å². The number of likely N-dealkylation sites (tertiary alicyclic amines) is 1. The predicted octanol–water partition coefficient (Wildman–Crippen LogP) is 1.31. The number of hydrogen-bond acceptors (Lipinski definition) is 9. The first-order chi connectivity index (χ1) is 16.6. The molecule has 2 saturated heterocycles. The molecule has 0 amide bonds. The Bertz CT molecular complexity index is 1340. The second kappa shape index (κ2) is 8.40. The first-order valence-electron chi connectivity index (χ1n) is 11.2. The van der Waals surface area contributed by atoms with Gasteiger partial charge in [-0.15, -0.1) is 10.2 Å². The molecule has 2 aliphatic rings. The van der Waals surface area contributed by atoms with E-state index in [-0.39, 0.29) is 18.3 Å². The highest BCUT2D eigenvalue weighted by molar-refractivity contribution is 5.88. The number of nitrogen functional groups attached to an aromatic ring is 1. The molecule has 178 valence electrons. The minimum absolute atomic E-state index is 0.0761. The van der Waals surface area contributed by atoms with Crippen molar-refractivity contribution in [1.29, 1.82) is 0 Å². The fraction of sp³-hybridized carbons (Fsp3) is 0.476. The molecule has 0 radical (unpaired) electrons. The number of rotatable bonds is 6. The van der Waals surface area contributed by atoms with Crippen molar-refractivity contribution in [2.45, 2.75) is 31.2 Å². The fourth-order valence-electron chi connectivity index (χ4n) is 4.58. The highest BCUT2D eigenvalue weighted by atomic mass is 19.1. The largest absolute Gasteiger partial charge is 0.382 e. The van der Waals surface area contributed by atoms with Crippen molar-refractivity contribution in [3.05, 3.63) is 24.4 Å². The van der Waals surface area contributed by atoms with Crippen molar-refractivity contribution < 1.29 is 13.5 Å². The lowest BCUT2D eigenvalue weighted by atomic mass is 10.0. The second-order valence-corrected chi connectivity index (χ2v) is 8.63. The molecule has 2 aliphatic heterocycles. The number of halogens is 2. The molecule has 6 rings (SSSR count). The molecule has 4 aromatic rings. The topological polar surface area (TPSA) is 124 Å². The molecule has 3 N–H and O–H groups in total. The van der Waals surface area contributed by atoms with E-state index in [2.05, 4.69) is 35.6 Å². The molecule has 0 saturated carbocycles. The van der Waals surface area contributed by atoms with Crippen LogP contribution in [0.25, 0.3) is 27.9 Å². The number of piperidine rings is 1. The number of nitrogens with two attached hydrogens (primary N) is 1. The molecule has 11 nitrogen and oxygen atoms in total. The fourth-order valence-corrected chi connectivity index (χ4v) is 4.58. The van der Waals surface area contributed by atoms with E-state index in [1.54, 1.807) is 22.8 Å². The SMILES string of the molecule is Nc1nc(N[C@H]2CCN(C3COC3)C[C@H]2F)nn2ccc(-c3ccc4nnn(CCF)c4n3)c12. The van der Waals surface area contributed by atoms with E-state index in [0.717, 1.165) is 12.1 Å². The van der Waals surface area contributed by atoms with Crippen LogP contribution in [0.2, 0.25) is 0 Å². The number of pyridine rings is 1. The summed E-state index contributed by atoms with van der Waals surface area (Å²) in [5.74, 6) is 0.517. The molecular weight excluding hydrogens is 446 g/mol. The Morgan fingerprint density at radius 3 is 2.85 bits per heavy atom. The molecule has 6 heterocycles. The van der Waals surface area contributed by atoms with E-state index in [1.165, 1.54) is 4.68 Å². The highest BCUT2D eigenvalue weighted by Crippen LogP contribution is 2.29. The second-order valence-electron chi connectivity index (χ2n) is 8.63. The Morgan fingerprint density at radius 1 is 1.21 bits per heavy atom. The normalized spacial score (nSPS) is 21.8. The number of aromatic nitrogens is 7. The smallest absolute Gasteiger partial charge is 0.243 e. The summed E-state index contributed by atoms with van der Waals surface area (Å²) in [5.41, 5.74) is 9.28. The number of aryl methyl sites for hydroxylation is 1. The highest BCUT2D eigenvalue weighted by Gasteiger charge is 2.35. The lowest BCUT2D eigenvalue weighted by molar-refractivity contribution is -0.0794. The van der Waals surface area contributed by atoms with Gasteiger partial charge in [0.25, 0.3) is 0 Å². The van der Waals surface area contributed by atoms with Gasteiger partial charge in [0.1, 0.15) is 23.9 Å². The predicted molar refractivity (Wildman–Crippen MR) is 121 cm³/mol. The van der Waals surface area contributed by atoms with Crippen molar-refractivity contribution in [3.63, 3.8) is 0 Å².